The van der Waals surface area contributed by atoms with E-state index in [-0.39, 0.29) is 23.0 Å². The fourth-order valence-corrected chi connectivity index (χ4v) is 5.36. The van der Waals surface area contributed by atoms with Gasteiger partial charge in [0.1, 0.15) is 0 Å². The number of sulfone groups is 1. The van der Waals surface area contributed by atoms with Crippen molar-refractivity contribution in [2.24, 2.45) is 11.1 Å². The Morgan fingerprint density at radius 2 is 2.00 bits per heavy atom. The molecule has 1 aromatic rings. The van der Waals surface area contributed by atoms with Crippen LogP contribution in [0.3, 0.4) is 0 Å². The van der Waals surface area contributed by atoms with Crippen LogP contribution in [0.4, 0.5) is 5.13 Å². The number of thiazole rings is 1. The zero-order valence-corrected chi connectivity index (χ0v) is 13.6. The minimum Gasteiger partial charge on any atom is -0.346 e. The first-order valence-electron chi connectivity index (χ1n) is 6.96. The van der Waals surface area contributed by atoms with Crippen LogP contribution in [0, 0.1) is 5.41 Å². The van der Waals surface area contributed by atoms with E-state index in [4.69, 9.17) is 10.7 Å². The molecule has 2 aliphatic rings. The van der Waals surface area contributed by atoms with Gasteiger partial charge in [-0.15, -0.1) is 0 Å². The lowest BCUT2D eigenvalue weighted by molar-refractivity contribution is 0.282. The number of nitrogens with two attached hydrogens (primary N) is 1. The van der Waals surface area contributed by atoms with E-state index in [1.165, 1.54) is 4.88 Å². The third-order valence-electron chi connectivity index (χ3n) is 4.09. The lowest BCUT2D eigenvalue weighted by Crippen LogP contribution is -2.40. The van der Waals surface area contributed by atoms with E-state index in [1.807, 2.05) is 0 Å². The molecule has 1 saturated heterocycles. The van der Waals surface area contributed by atoms with Crippen molar-refractivity contribution in [2.45, 2.75) is 32.7 Å². The molecule has 0 aromatic carbocycles. The van der Waals surface area contributed by atoms with Crippen LogP contribution in [0.5, 0.6) is 0 Å². The smallest absolute Gasteiger partial charge is 0.185 e. The first kappa shape index (κ1) is 14.3. The monoisotopic (exact) mass is 315 g/mol. The molecule has 1 fully saturated rings. The van der Waals surface area contributed by atoms with Gasteiger partial charge in [-0.1, -0.05) is 25.2 Å². The summed E-state index contributed by atoms with van der Waals surface area (Å²) in [6.45, 7) is 5.55. The largest absolute Gasteiger partial charge is 0.346 e. The second-order valence-electron chi connectivity index (χ2n) is 6.60. The van der Waals surface area contributed by atoms with Gasteiger partial charge < -0.3 is 10.6 Å². The average molecular weight is 315 g/mol. The minimum atomic E-state index is -2.84. The predicted molar refractivity (Wildman–Crippen MR) is 82.0 cm³/mol. The predicted octanol–water partition coefficient (Wildman–Crippen LogP) is 1.35. The van der Waals surface area contributed by atoms with Gasteiger partial charge in [0, 0.05) is 24.0 Å². The van der Waals surface area contributed by atoms with Crippen LogP contribution in [0.15, 0.2) is 0 Å². The number of aromatic nitrogens is 1. The molecule has 1 aromatic heterocycles. The number of nitrogens with zero attached hydrogens (tertiary/aromatic N) is 2. The molecular weight excluding hydrogens is 294 g/mol. The topological polar surface area (TPSA) is 76.3 Å². The second kappa shape index (κ2) is 4.68. The maximum atomic E-state index is 11.5. The Labute approximate surface area is 124 Å². The molecular formula is C13H21N3O2S2. The summed E-state index contributed by atoms with van der Waals surface area (Å²) in [5.41, 5.74) is 7.57. The van der Waals surface area contributed by atoms with Crippen LogP contribution in [-0.2, 0) is 16.3 Å². The van der Waals surface area contributed by atoms with Gasteiger partial charge in [0.25, 0.3) is 0 Å². The molecule has 20 heavy (non-hydrogen) atoms. The van der Waals surface area contributed by atoms with Gasteiger partial charge >= 0.3 is 0 Å². The molecule has 0 spiro atoms. The lowest BCUT2D eigenvalue weighted by Gasteiger charge is -2.32. The van der Waals surface area contributed by atoms with Gasteiger partial charge in [-0.25, -0.2) is 13.4 Å². The highest BCUT2D eigenvalue weighted by molar-refractivity contribution is 7.91. The summed E-state index contributed by atoms with van der Waals surface area (Å²) < 4.78 is 23.0. The number of fused-ring (bicyclic) bond motifs is 1. The summed E-state index contributed by atoms with van der Waals surface area (Å²) in [6, 6.07) is 0.0634. The van der Waals surface area contributed by atoms with E-state index in [0.717, 1.165) is 23.7 Å². The highest BCUT2D eigenvalue weighted by atomic mass is 32.2. The SMILES string of the molecule is CC1(C)Cc2nc(N3CCS(=O)(=O)CC3)sc2C(N)C1. The third kappa shape index (κ3) is 2.71. The van der Waals surface area contributed by atoms with Crippen molar-refractivity contribution in [3.8, 4) is 0 Å². The summed E-state index contributed by atoms with van der Waals surface area (Å²) in [7, 11) is -2.84. The minimum absolute atomic E-state index is 0.0634. The Hall–Kier alpha value is -0.660. The zero-order valence-electron chi connectivity index (χ0n) is 11.9. The number of anilines is 1. The highest BCUT2D eigenvalue weighted by Crippen LogP contribution is 2.43. The van der Waals surface area contributed by atoms with Crippen LogP contribution in [-0.4, -0.2) is 38.0 Å². The van der Waals surface area contributed by atoms with E-state index < -0.39 is 9.84 Å². The zero-order chi connectivity index (χ0) is 14.5. The molecule has 7 heteroatoms. The first-order valence-corrected chi connectivity index (χ1v) is 9.60. The van der Waals surface area contributed by atoms with Crippen molar-refractivity contribution in [1.82, 2.24) is 4.98 Å². The van der Waals surface area contributed by atoms with E-state index in [1.54, 1.807) is 11.3 Å². The van der Waals surface area contributed by atoms with Gasteiger partial charge in [-0.05, 0) is 18.3 Å². The molecule has 1 aliphatic carbocycles. The van der Waals surface area contributed by atoms with Gasteiger partial charge in [0.15, 0.2) is 15.0 Å². The maximum Gasteiger partial charge on any atom is 0.185 e. The fraction of sp³-hybridized carbons (Fsp3) is 0.769. The van der Waals surface area contributed by atoms with Gasteiger partial charge in [-0.2, -0.15) is 0 Å². The molecule has 1 aliphatic heterocycles. The molecule has 0 amide bonds. The van der Waals surface area contributed by atoms with Crippen molar-refractivity contribution in [3.05, 3.63) is 10.6 Å². The van der Waals surface area contributed by atoms with Gasteiger partial charge in [0.2, 0.25) is 0 Å². The van der Waals surface area contributed by atoms with Crippen molar-refractivity contribution in [1.29, 1.82) is 0 Å². The number of rotatable bonds is 1. The maximum absolute atomic E-state index is 11.5. The van der Waals surface area contributed by atoms with E-state index in [2.05, 4.69) is 18.7 Å². The van der Waals surface area contributed by atoms with Crippen LogP contribution < -0.4 is 10.6 Å². The quantitative estimate of drug-likeness (QED) is 0.846. The van der Waals surface area contributed by atoms with Gasteiger partial charge in [0.05, 0.1) is 17.2 Å². The standard InChI is InChI=1S/C13H21N3O2S2/c1-13(2)7-9(14)11-10(8-13)15-12(19-11)16-3-5-20(17,18)6-4-16/h9H,3-8,14H2,1-2H3. The molecule has 0 saturated carbocycles. The lowest BCUT2D eigenvalue weighted by atomic mass is 9.77. The molecule has 2 N–H and O–H groups in total. The van der Waals surface area contributed by atoms with Crippen LogP contribution in [0.2, 0.25) is 0 Å². The summed E-state index contributed by atoms with van der Waals surface area (Å²) in [4.78, 5) is 8.01. The molecule has 0 bridgehead atoms. The van der Waals surface area contributed by atoms with E-state index in [0.29, 0.717) is 13.1 Å². The molecule has 1 atom stereocenters. The highest BCUT2D eigenvalue weighted by Gasteiger charge is 2.34. The second-order valence-corrected chi connectivity index (χ2v) is 9.91. The molecule has 5 nitrogen and oxygen atoms in total. The summed E-state index contributed by atoms with van der Waals surface area (Å²) >= 11 is 1.65. The Morgan fingerprint density at radius 1 is 1.35 bits per heavy atom. The van der Waals surface area contributed by atoms with Crippen molar-refractivity contribution < 1.29 is 8.42 Å². The van der Waals surface area contributed by atoms with Gasteiger partial charge in [-0.3, -0.25) is 0 Å². The summed E-state index contributed by atoms with van der Waals surface area (Å²) in [5.74, 6) is 0.462. The Kier molecular flexibility index (Phi) is 3.34. The number of hydrogen-bond donors (Lipinski definition) is 1. The third-order valence-corrected chi connectivity index (χ3v) is 6.99. The number of hydrogen-bond acceptors (Lipinski definition) is 6. The van der Waals surface area contributed by atoms with E-state index >= 15 is 0 Å². The van der Waals surface area contributed by atoms with Crippen molar-refractivity contribution >= 4 is 26.3 Å². The fourth-order valence-electron chi connectivity index (χ4n) is 3.02. The first-order chi connectivity index (χ1) is 9.26. The average Bonchev–Trinajstić information content (AvgIpc) is 2.71. The van der Waals surface area contributed by atoms with E-state index in [9.17, 15) is 8.42 Å². The van der Waals surface area contributed by atoms with Crippen molar-refractivity contribution in [2.75, 3.05) is 29.5 Å². The normalized spacial score (nSPS) is 28.1. The van der Waals surface area contributed by atoms with Crippen LogP contribution >= 0.6 is 11.3 Å². The molecule has 112 valence electrons. The molecule has 2 heterocycles. The Morgan fingerprint density at radius 3 is 2.65 bits per heavy atom. The summed E-state index contributed by atoms with van der Waals surface area (Å²) in [5, 5.41) is 0.943. The molecule has 1 unspecified atom stereocenters. The van der Waals surface area contributed by atoms with Crippen LogP contribution in [0.1, 0.15) is 36.9 Å². The Bertz CT molecular complexity index is 608. The van der Waals surface area contributed by atoms with Crippen molar-refractivity contribution in [3.63, 3.8) is 0 Å². The molecule has 0 radical (unpaired) electrons. The van der Waals surface area contributed by atoms with Crippen LogP contribution in [0.25, 0.3) is 0 Å². The summed E-state index contributed by atoms with van der Waals surface area (Å²) in [6.07, 6.45) is 1.94. The Balaban J connectivity index is 1.84. The molecule has 3 rings (SSSR count).